The Balaban J connectivity index is 2.31. The summed E-state index contributed by atoms with van der Waals surface area (Å²) in [6.45, 7) is 0. The fourth-order valence-corrected chi connectivity index (χ4v) is 2.34. The van der Waals surface area contributed by atoms with Crippen LogP contribution in [-0.2, 0) is 0 Å². The highest BCUT2D eigenvalue weighted by molar-refractivity contribution is 9.10. The van der Waals surface area contributed by atoms with Gasteiger partial charge in [-0.15, -0.1) is 11.8 Å². The first-order valence-corrected chi connectivity index (χ1v) is 7.08. The Kier molecular flexibility index (Phi) is 3.97. The van der Waals surface area contributed by atoms with Gasteiger partial charge in [0, 0.05) is 9.37 Å². The molecule has 0 aliphatic carbocycles. The van der Waals surface area contributed by atoms with Crippen LogP contribution in [0, 0.1) is 0 Å². The first kappa shape index (κ1) is 12.3. The van der Waals surface area contributed by atoms with Crippen LogP contribution in [0.4, 0.5) is 5.69 Å². The number of halogens is 1. The van der Waals surface area contributed by atoms with E-state index in [0.717, 1.165) is 15.1 Å². The molecule has 0 saturated carbocycles. The molecule has 0 radical (unpaired) electrons. The van der Waals surface area contributed by atoms with Gasteiger partial charge in [-0.05, 0) is 36.6 Å². The molecule has 2 aromatic rings. The molecule has 0 saturated heterocycles. The molecule has 0 aromatic heterocycles. The van der Waals surface area contributed by atoms with E-state index in [1.807, 2.05) is 48.7 Å². The Morgan fingerprint density at radius 2 is 1.88 bits per heavy atom. The third-order valence-corrected chi connectivity index (χ3v) is 3.53. The molecule has 88 valence electrons. The number of nitrogens with two attached hydrogens (primary N) is 1. The molecule has 0 amide bonds. The SMILES string of the molecule is CSc1ccccc1Oc1ccc(Br)cc1N. The zero-order valence-electron chi connectivity index (χ0n) is 9.31. The smallest absolute Gasteiger partial charge is 0.150 e. The fourth-order valence-electron chi connectivity index (χ4n) is 1.43. The summed E-state index contributed by atoms with van der Waals surface area (Å²) in [4.78, 5) is 1.09. The summed E-state index contributed by atoms with van der Waals surface area (Å²) in [7, 11) is 0. The van der Waals surface area contributed by atoms with Crippen LogP contribution >= 0.6 is 27.7 Å². The summed E-state index contributed by atoms with van der Waals surface area (Å²) in [5, 5.41) is 0. The Bertz CT molecular complexity index is 531. The van der Waals surface area contributed by atoms with E-state index in [1.165, 1.54) is 0 Å². The summed E-state index contributed by atoms with van der Waals surface area (Å²) in [6.07, 6.45) is 2.02. The predicted octanol–water partition coefficient (Wildman–Crippen LogP) is 4.55. The summed E-state index contributed by atoms with van der Waals surface area (Å²) in [6, 6.07) is 13.5. The molecule has 2 nitrogen and oxygen atoms in total. The van der Waals surface area contributed by atoms with Gasteiger partial charge < -0.3 is 10.5 Å². The maximum atomic E-state index is 5.90. The van der Waals surface area contributed by atoms with Gasteiger partial charge in [0.25, 0.3) is 0 Å². The Morgan fingerprint density at radius 3 is 2.59 bits per heavy atom. The zero-order valence-corrected chi connectivity index (χ0v) is 11.7. The Morgan fingerprint density at radius 1 is 1.12 bits per heavy atom. The molecule has 0 heterocycles. The van der Waals surface area contributed by atoms with Crippen molar-refractivity contribution in [3.8, 4) is 11.5 Å². The van der Waals surface area contributed by atoms with E-state index in [-0.39, 0.29) is 0 Å². The minimum absolute atomic E-state index is 0.621. The second kappa shape index (κ2) is 5.47. The van der Waals surface area contributed by atoms with Crippen molar-refractivity contribution in [3.63, 3.8) is 0 Å². The molecule has 0 bridgehead atoms. The van der Waals surface area contributed by atoms with Crippen molar-refractivity contribution in [1.29, 1.82) is 0 Å². The minimum atomic E-state index is 0.621. The van der Waals surface area contributed by atoms with Gasteiger partial charge in [0.15, 0.2) is 0 Å². The number of rotatable bonds is 3. The lowest BCUT2D eigenvalue weighted by atomic mass is 10.3. The van der Waals surface area contributed by atoms with Crippen LogP contribution in [0.5, 0.6) is 11.5 Å². The number of hydrogen-bond donors (Lipinski definition) is 1. The maximum absolute atomic E-state index is 5.90. The quantitative estimate of drug-likeness (QED) is 0.667. The molecule has 0 aliphatic rings. The lowest BCUT2D eigenvalue weighted by Crippen LogP contribution is -1.92. The van der Waals surface area contributed by atoms with Crippen LogP contribution in [0.3, 0.4) is 0 Å². The second-order valence-corrected chi connectivity index (χ2v) is 5.20. The number of hydrogen-bond acceptors (Lipinski definition) is 3. The van der Waals surface area contributed by atoms with Crippen LogP contribution in [0.15, 0.2) is 51.8 Å². The zero-order chi connectivity index (χ0) is 12.3. The van der Waals surface area contributed by atoms with Gasteiger partial charge >= 0.3 is 0 Å². The Hall–Kier alpha value is -1.13. The second-order valence-electron chi connectivity index (χ2n) is 3.44. The Labute approximate surface area is 113 Å². The van der Waals surface area contributed by atoms with Crippen LogP contribution < -0.4 is 10.5 Å². The van der Waals surface area contributed by atoms with Crippen molar-refractivity contribution in [3.05, 3.63) is 46.9 Å². The van der Waals surface area contributed by atoms with E-state index in [0.29, 0.717) is 11.4 Å². The first-order valence-electron chi connectivity index (χ1n) is 5.06. The van der Waals surface area contributed by atoms with Crippen LogP contribution in [0.1, 0.15) is 0 Å². The van der Waals surface area contributed by atoms with Crippen LogP contribution in [0.25, 0.3) is 0 Å². The minimum Gasteiger partial charge on any atom is -0.454 e. The van der Waals surface area contributed by atoms with E-state index >= 15 is 0 Å². The van der Waals surface area contributed by atoms with Crippen molar-refractivity contribution in [2.75, 3.05) is 12.0 Å². The lowest BCUT2D eigenvalue weighted by molar-refractivity contribution is 0.473. The van der Waals surface area contributed by atoms with Crippen molar-refractivity contribution in [2.45, 2.75) is 4.90 Å². The van der Waals surface area contributed by atoms with Crippen molar-refractivity contribution < 1.29 is 4.74 Å². The fraction of sp³-hybridized carbons (Fsp3) is 0.0769. The van der Waals surface area contributed by atoms with Crippen molar-refractivity contribution in [1.82, 2.24) is 0 Å². The van der Waals surface area contributed by atoms with E-state index < -0.39 is 0 Å². The van der Waals surface area contributed by atoms with Gasteiger partial charge in [0.05, 0.1) is 5.69 Å². The van der Waals surface area contributed by atoms with Crippen LogP contribution in [-0.4, -0.2) is 6.26 Å². The number of ether oxygens (including phenoxy) is 1. The monoisotopic (exact) mass is 309 g/mol. The van der Waals surface area contributed by atoms with Gasteiger partial charge in [-0.25, -0.2) is 0 Å². The van der Waals surface area contributed by atoms with E-state index in [1.54, 1.807) is 11.8 Å². The summed E-state index contributed by atoms with van der Waals surface area (Å²) in [5.41, 5.74) is 6.52. The number of anilines is 1. The molecule has 0 unspecified atom stereocenters. The molecule has 2 aromatic carbocycles. The van der Waals surface area contributed by atoms with Gasteiger partial charge in [0.1, 0.15) is 11.5 Å². The molecule has 0 spiro atoms. The molecule has 17 heavy (non-hydrogen) atoms. The highest BCUT2D eigenvalue weighted by atomic mass is 79.9. The molecule has 0 atom stereocenters. The number of benzene rings is 2. The number of thioether (sulfide) groups is 1. The van der Waals surface area contributed by atoms with Gasteiger partial charge in [0.2, 0.25) is 0 Å². The van der Waals surface area contributed by atoms with E-state index in [9.17, 15) is 0 Å². The molecule has 2 N–H and O–H groups in total. The molecular weight excluding hydrogens is 298 g/mol. The predicted molar refractivity (Wildman–Crippen MR) is 76.9 cm³/mol. The van der Waals surface area contributed by atoms with Crippen molar-refractivity contribution >= 4 is 33.4 Å². The lowest BCUT2D eigenvalue weighted by Gasteiger charge is -2.11. The summed E-state index contributed by atoms with van der Waals surface area (Å²) in [5.74, 6) is 1.50. The highest BCUT2D eigenvalue weighted by Gasteiger charge is 2.06. The number of para-hydroxylation sites is 1. The van der Waals surface area contributed by atoms with Crippen molar-refractivity contribution in [2.24, 2.45) is 0 Å². The third kappa shape index (κ3) is 2.96. The van der Waals surface area contributed by atoms with E-state index in [2.05, 4.69) is 15.9 Å². The molecular formula is C13H12BrNOS. The average Bonchev–Trinajstić information content (AvgIpc) is 2.33. The molecule has 2 rings (SSSR count). The van der Waals surface area contributed by atoms with Gasteiger partial charge in [-0.1, -0.05) is 28.1 Å². The van der Waals surface area contributed by atoms with E-state index in [4.69, 9.17) is 10.5 Å². The normalized spacial score (nSPS) is 10.2. The summed E-state index contributed by atoms with van der Waals surface area (Å²) < 4.78 is 6.76. The van der Waals surface area contributed by atoms with Gasteiger partial charge in [-0.3, -0.25) is 0 Å². The maximum Gasteiger partial charge on any atom is 0.150 e. The number of nitrogen functional groups attached to an aromatic ring is 1. The largest absolute Gasteiger partial charge is 0.454 e. The standard InChI is InChI=1S/C13H12BrNOS/c1-17-13-5-3-2-4-12(13)16-11-7-6-9(14)8-10(11)15/h2-8H,15H2,1H3. The topological polar surface area (TPSA) is 35.2 Å². The molecule has 0 aliphatic heterocycles. The van der Waals surface area contributed by atoms with Gasteiger partial charge in [-0.2, -0.15) is 0 Å². The molecule has 0 fully saturated rings. The van der Waals surface area contributed by atoms with Crippen LogP contribution in [0.2, 0.25) is 0 Å². The third-order valence-electron chi connectivity index (χ3n) is 2.26. The summed E-state index contributed by atoms with van der Waals surface area (Å²) >= 11 is 5.02. The first-order chi connectivity index (χ1) is 8.20. The average molecular weight is 310 g/mol. The molecule has 4 heteroatoms. The highest BCUT2D eigenvalue weighted by Crippen LogP contribution is 2.34.